The van der Waals surface area contributed by atoms with Gasteiger partial charge in [0.1, 0.15) is 12.7 Å². The van der Waals surface area contributed by atoms with Crippen molar-refractivity contribution < 1.29 is 39.8 Å². The van der Waals surface area contributed by atoms with Gasteiger partial charge in [-0.25, -0.2) is 9.59 Å². The van der Waals surface area contributed by atoms with Gasteiger partial charge in [-0.2, -0.15) is 4.89 Å². The second-order valence-electron chi connectivity index (χ2n) is 3.83. The Morgan fingerprint density at radius 2 is 1.55 bits per heavy atom. The molecular weight excluding hydrogens is 296 g/mol. The Morgan fingerprint density at radius 1 is 1.14 bits per heavy atom. The standard InChI is InChI=1S/C7H10O3.C4H6O2.C3H8O3/c1-4-5-9-10-7(8)6(2)3;1-3(2)4(5)6;4-1-3(6)2-5/h4H,1-2,5H2,3H3;1H2,2H3,(H,5,6);3-6H,1-2H2. The lowest BCUT2D eigenvalue weighted by Gasteiger charge is -1.98. The summed E-state index contributed by atoms with van der Waals surface area (Å²) in [5.74, 6) is -1.49. The monoisotopic (exact) mass is 320 g/mol. The van der Waals surface area contributed by atoms with Gasteiger partial charge in [0.05, 0.1) is 13.2 Å². The number of rotatable bonds is 7. The predicted octanol–water partition coefficient (Wildman–Crippen LogP) is 0.202. The van der Waals surface area contributed by atoms with E-state index in [1.165, 1.54) is 13.0 Å². The zero-order chi connectivity index (χ0) is 18.1. The van der Waals surface area contributed by atoms with Crippen LogP contribution in [0, 0.1) is 0 Å². The molecule has 0 aliphatic rings. The van der Waals surface area contributed by atoms with Gasteiger partial charge in [-0.3, -0.25) is 4.89 Å². The Labute approximate surface area is 129 Å². The molecule has 0 aliphatic heterocycles. The molecule has 0 aromatic rings. The van der Waals surface area contributed by atoms with E-state index in [1.807, 2.05) is 0 Å². The van der Waals surface area contributed by atoms with Gasteiger partial charge in [0.2, 0.25) is 0 Å². The average Bonchev–Trinajstić information content (AvgIpc) is 2.47. The minimum absolute atomic E-state index is 0.176. The first-order chi connectivity index (χ1) is 10.1. The smallest absolute Gasteiger partial charge is 0.368 e. The highest BCUT2D eigenvalue weighted by Gasteiger charge is 2.01. The number of carbonyl (C=O) groups excluding carboxylic acids is 1. The van der Waals surface area contributed by atoms with E-state index in [-0.39, 0.29) is 25.4 Å². The summed E-state index contributed by atoms with van der Waals surface area (Å²) in [5, 5.41) is 31.9. The Hall–Kier alpha value is -2.00. The number of hydrogen-bond donors (Lipinski definition) is 4. The van der Waals surface area contributed by atoms with E-state index in [1.54, 1.807) is 6.92 Å². The van der Waals surface area contributed by atoms with Crippen LogP contribution in [0.3, 0.4) is 0 Å². The normalized spacial score (nSPS) is 8.64. The second-order valence-corrected chi connectivity index (χ2v) is 3.83. The van der Waals surface area contributed by atoms with Crippen LogP contribution >= 0.6 is 0 Å². The fourth-order valence-corrected chi connectivity index (χ4v) is 0.265. The van der Waals surface area contributed by atoms with Crippen molar-refractivity contribution in [2.75, 3.05) is 19.8 Å². The lowest BCUT2D eigenvalue weighted by molar-refractivity contribution is -0.261. The highest BCUT2D eigenvalue weighted by Crippen LogP contribution is 1.91. The zero-order valence-corrected chi connectivity index (χ0v) is 12.8. The second kappa shape index (κ2) is 17.1. The third-order valence-corrected chi connectivity index (χ3v) is 1.46. The molecule has 8 heteroatoms. The molecule has 0 radical (unpaired) electrons. The van der Waals surface area contributed by atoms with E-state index in [0.29, 0.717) is 5.57 Å². The summed E-state index contributed by atoms with van der Waals surface area (Å²) in [6.45, 7) is 12.3. The fourth-order valence-electron chi connectivity index (χ4n) is 0.265. The predicted molar refractivity (Wildman–Crippen MR) is 79.7 cm³/mol. The third kappa shape index (κ3) is 23.1. The summed E-state index contributed by atoms with van der Waals surface area (Å²) in [6.07, 6.45) is 0.524. The van der Waals surface area contributed by atoms with Crippen LogP contribution in [0.5, 0.6) is 0 Å². The Kier molecular flexibility index (Phi) is 19.4. The maximum Gasteiger partial charge on any atom is 0.368 e. The molecule has 0 aromatic carbocycles. The summed E-state index contributed by atoms with van der Waals surface area (Å²) in [5.41, 5.74) is 0.485. The van der Waals surface area contributed by atoms with Crippen molar-refractivity contribution in [3.8, 4) is 0 Å². The number of aliphatic hydroxyl groups excluding tert-OH is 3. The molecule has 0 saturated carbocycles. The maximum atomic E-state index is 10.5. The molecule has 8 nitrogen and oxygen atoms in total. The van der Waals surface area contributed by atoms with Crippen molar-refractivity contribution in [1.29, 1.82) is 0 Å². The van der Waals surface area contributed by atoms with Crippen LogP contribution in [0.4, 0.5) is 0 Å². The number of carboxylic acids is 1. The van der Waals surface area contributed by atoms with Gasteiger partial charge < -0.3 is 20.4 Å². The van der Waals surface area contributed by atoms with Crippen LogP contribution in [-0.2, 0) is 19.4 Å². The van der Waals surface area contributed by atoms with Crippen molar-refractivity contribution in [2.24, 2.45) is 0 Å². The topological polar surface area (TPSA) is 134 Å². The van der Waals surface area contributed by atoms with Crippen molar-refractivity contribution in [3.05, 3.63) is 37.0 Å². The fraction of sp³-hybridized carbons (Fsp3) is 0.429. The Balaban J connectivity index is -0.000000261. The average molecular weight is 320 g/mol. The summed E-state index contributed by atoms with van der Waals surface area (Å²) >= 11 is 0. The molecule has 0 fully saturated rings. The third-order valence-electron chi connectivity index (χ3n) is 1.46. The molecule has 0 rings (SSSR count). The number of carboxylic acid groups (broad SMARTS) is 1. The number of hydrogen-bond acceptors (Lipinski definition) is 7. The first-order valence-corrected chi connectivity index (χ1v) is 6.02. The summed E-state index contributed by atoms with van der Waals surface area (Å²) in [6, 6.07) is 0. The van der Waals surface area contributed by atoms with Crippen LogP contribution in [0.15, 0.2) is 37.0 Å². The summed E-state index contributed by atoms with van der Waals surface area (Å²) < 4.78 is 0. The van der Waals surface area contributed by atoms with Crippen LogP contribution in [0.2, 0.25) is 0 Å². The molecule has 0 aromatic heterocycles. The van der Waals surface area contributed by atoms with Crippen LogP contribution < -0.4 is 0 Å². The first kappa shape index (κ1) is 25.0. The van der Waals surface area contributed by atoms with Gasteiger partial charge >= 0.3 is 11.9 Å². The zero-order valence-electron chi connectivity index (χ0n) is 12.8. The lowest BCUT2D eigenvalue weighted by Crippen LogP contribution is -2.15. The van der Waals surface area contributed by atoms with E-state index >= 15 is 0 Å². The molecule has 0 heterocycles. The molecule has 4 N–H and O–H groups in total. The van der Waals surface area contributed by atoms with Gasteiger partial charge in [-0.1, -0.05) is 19.2 Å². The molecule has 0 saturated heterocycles. The van der Waals surface area contributed by atoms with Crippen molar-refractivity contribution in [3.63, 3.8) is 0 Å². The summed E-state index contributed by atoms with van der Waals surface area (Å²) in [7, 11) is 0. The SMILES string of the molecule is C=C(C)C(=O)O.C=CCOOC(=O)C(=C)C.OCC(O)CO. The molecule has 0 spiro atoms. The van der Waals surface area contributed by atoms with E-state index < -0.39 is 18.0 Å². The van der Waals surface area contributed by atoms with Crippen LogP contribution in [-0.4, -0.2) is 58.3 Å². The number of aliphatic hydroxyl groups is 3. The lowest BCUT2D eigenvalue weighted by atomic mass is 10.4. The van der Waals surface area contributed by atoms with E-state index in [2.05, 4.69) is 29.5 Å². The van der Waals surface area contributed by atoms with Gasteiger partial charge in [0, 0.05) is 11.1 Å². The van der Waals surface area contributed by atoms with Crippen molar-refractivity contribution in [1.82, 2.24) is 0 Å². The van der Waals surface area contributed by atoms with Crippen LogP contribution in [0.25, 0.3) is 0 Å². The first-order valence-electron chi connectivity index (χ1n) is 6.02. The highest BCUT2D eigenvalue weighted by atomic mass is 17.2. The summed E-state index contributed by atoms with van der Waals surface area (Å²) in [4.78, 5) is 28.7. The molecular formula is C14H24O8. The molecule has 0 unspecified atom stereocenters. The molecule has 0 atom stereocenters. The molecule has 22 heavy (non-hydrogen) atoms. The molecule has 0 aliphatic carbocycles. The van der Waals surface area contributed by atoms with Crippen molar-refractivity contribution >= 4 is 11.9 Å². The van der Waals surface area contributed by atoms with Gasteiger partial charge in [0.25, 0.3) is 0 Å². The van der Waals surface area contributed by atoms with Crippen molar-refractivity contribution in [2.45, 2.75) is 20.0 Å². The Morgan fingerprint density at radius 3 is 1.73 bits per heavy atom. The number of carbonyl (C=O) groups is 2. The minimum Gasteiger partial charge on any atom is -0.478 e. The Bertz CT molecular complexity index is 346. The number of aliphatic carboxylic acids is 1. The minimum atomic E-state index is -0.954. The van der Waals surface area contributed by atoms with Gasteiger partial charge in [0.15, 0.2) is 0 Å². The molecule has 128 valence electrons. The van der Waals surface area contributed by atoms with E-state index in [4.69, 9.17) is 20.4 Å². The molecule has 0 bridgehead atoms. The van der Waals surface area contributed by atoms with Crippen LogP contribution in [0.1, 0.15) is 13.8 Å². The van der Waals surface area contributed by atoms with E-state index in [0.717, 1.165) is 0 Å². The largest absolute Gasteiger partial charge is 0.478 e. The quantitative estimate of drug-likeness (QED) is 0.172. The highest BCUT2D eigenvalue weighted by molar-refractivity contribution is 5.86. The molecule has 0 amide bonds. The van der Waals surface area contributed by atoms with E-state index in [9.17, 15) is 9.59 Å². The van der Waals surface area contributed by atoms with Gasteiger partial charge in [-0.05, 0) is 13.8 Å². The maximum absolute atomic E-state index is 10.5. The van der Waals surface area contributed by atoms with Gasteiger partial charge in [-0.15, -0.1) is 6.58 Å².